The van der Waals surface area contributed by atoms with Gasteiger partial charge in [-0.3, -0.25) is 0 Å². The number of hydrogen-bond acceptors (Lipinski definition) is 4. The van der Waals surface area contributed by atoms with Crippen LogP contribution < -0.4 is 10.1 Å². The molecule has 1 fully saturated rings. The van der Waals surface area contributed by atoms with Crippen molar-refractivity contribution >= 4 is 11.5 Å². The molecule has 0 radical (unpaired) electrons. The fraction of sp³-hybridized carbons (Fsp3) is 0.533. The lowest BCUT2D eigenvalue weighted by molar-refractivity contribution is 0.155. The summed E-state index contributed by atoms with van der Waals surface area (Å²) in [7, 11) is 0. The number of aliphatic imine (C=N–C) groups is 1. The zero-order chi connectivity index (χ0) is 13.5. The summed E-state index contributed by atoms with van der Waals surface area (Å²) >= 11 is 0. The van der Waals surface area contributed by atoms with Crippen LogP contribution in [0.25, 0.3) is 0 Å². The lowest BCUT2D eigenvalue weighted by atomic mass is 10.0. The number of piperazine rings is 1. The van der Waals surface area contributed by atoms with Crippen LogP contribution in [0.15, 0.2) is 23.2 Å². The number of benzene rings is 1. The molecule has 1 aromatic rings. The molecule has 2 aliphatic heterocycles. The molecule has 1 aromatic carbocycles. The van der Waals surface area contributed by atoms with Crippen LogP contribution in [0.5, 0.6) is 5.75 Å². The zero-order valence-corrected chi connectivity index (χ0v) is 11.9. The molecule has 0 saturated carbocycles. The first kappa shape index (κ1) is 12.5. The van der Waals surface area contributed by atoms with E-state index in [0.717, 1.165) is 43.5 Å². The van der Waals surface area contributed by atoms with Crippen molar-refractivity contribution in [3.8, 4) is 5.75 Å². The van der Waals surface area contributed by atoms with E-state index in [0.29, 0.717) is 0 Å². The molecular weight excluding hydrogens is 238 g/mol. The SMILES string of the molecule is Cc1ccc2c(c1)N=C(N1CCNCC1)C(C)(C)O2. The Balaban J connectivity index is 2.00. The molecule has 4 nitrogen and oxygen atoms in total. The number of fused-ring (bicyclic) bond motifs is 1. The molecule has 3 rings (SSSR count). The first-order valence-corrected chi connectivity index (χ1v) is 6.91. The Kier molecular flexibility index (Phi) is 2.97. The van der Waals surface area contributed by atoms with Crippen molar-refractivity contribution in [1.82, 2.24) is 10.2 Å². The largest absolute Gasteiger partial charge is 0.478 e. The Morgan fingerprint density at radius 1 is 1.26 bits per heavy atom. The van der Waals surface area contributed by atoms with Gasteiger partial charge in [0.2, 0.25) is 0 Å². The Labute approximate surface area is 114 Å². The van der Waals surface area contributed by atoms with Crippen LogP contribution in [0.2, 0.25) is 0 Å². The maximum Gasteiger partial charge on any atom is 0.160 e. The monoisotopic (exact) mass is 259 g/mol. The molecule has 2 aliphatic rings. The molecule has 4 heteroatoms. The fourth-order valence-corrected chi connectivity index (χ4v) is 2.70. The summed E-state index contributed by atoms with van der Waals surface area (Å²) in [6, 6.07) is 6.18. The minimum atomic E-state index is -0.362. The molecule has 1 N–H and O–H groups in total. The average Bonchev–Trinajstić information content (AvgIpc) is 2.39. The summed E-state index contributed by atoms with van der Waals surface area (Å²) in [5.41, 5.74) is 1.80. The van der Waals surface area contributed by atoms with Crippen LogP contribution in [-0.4, -0.2) is 42.5 Å². The predicted molar refractivity (Wildman–Crippen MR) is 77.4 cm³/mol. The highest BCUT2D eigenvalue weighted by Crippen LogP contribution is 2.37. The lowest BCUT2D eigenvalue weighted by Gasteiger charge is -2.40. The quantitative estimate of drug-likeness (QED) is 0.775. The smallest absolute Gasteiger partial charge is 0.160 e. The molecule has 2 heterocycles. The van der Waals surface area contributed by atoms with E-state index in [9.17, 15) is 0 Å². The Bertz CT molecular complexity index is 516. The first-order chi connectivity index (χ1) is 9.06. The van der Waals surface area contributed by atoms with Crippen molar-refractivity contribution in [3.63, 3.8) is 0 Å². The number of nitrogens with one attached hydrogen (secondary N) is 1. The molecule has 19 heavy (non-hydrogen) atoms. The van der Waals surface area contributed by atoms with Crippen LogP contribution >= 0.6 is 0 Å². The maximum absolute atomic E-state index is 6.15. The maximum atomic E-state index is 6.15. The number of rotatable bonds is 0. The molecule has 0 bridgehead atoms. The van der Waals surface area contributed by atoms with E-state index in [1.807, 2.05) is 6.07 Å². The van der Waals surface area contributed by atoms with Crippen LogP contribution in [0.1, 0.15) is 19.4 Å². The third kappa shape index (κ3) is 2.32. The third-order valence-corrected chi connectivity index (χ3v) is 3.66. The van der Waals surface area contributed by atoms with Gasteiger partial charge in [-0.05, 0) is 38.5 Å². The first-order valence-electron chi connectivity index (χ1n) is 6.91. The van der Waals surface area contributed by atoms with Crippen molar-refractivity contribution in [2.45, 2.75) is 26.4 Å². The summed E-state index contributed by atoms with van der Waals surface area (Å²) in [5.74, 6) is 1.93. The van der Waals surface area contributed by atoms with Gasteiger partial charge in [0.1, 0.15) is 17.3 Å². The summed E-state index contributed by atoms with van der Waals surface area (Å²) in [6.07, 6.45) is 0. The van der Waals surface area contributed by atoms with E-state index in [2.05, 4.69) is 43.1 Å². The topological polar surface area (TPSA) is 36.9 Å². The van der Waals surface area contributed by atoms with E-state index >= 15 is 0 Å². The highest BCUT2D eigenvalue weighted by atomic mass is 16.5. The van der Waals surface area contributed by atoms with E-state index in [4.69, 9.17) is 9.73 Å². The predicted octanol–water partition coefficient (Wildman–Crippen LogP) is 2.10. The van der Waals surface area contributed by atoms with Gasteiger partial charge >= 0.3 is 0 Å². The van der Waals surface area contributed by atoms with Gasteiger partial charge < -0.3 is 15.0 Å². The number of hydrogen-bond donors (Lipinski definition) is 1. The number of amidine groups is 1. The molecule has 0 aliphatic carbocycles. The van der Waals surface area contributed by atoms with Crippen molar-refractivity contribution < 1.29 is 4.74 Å². The molecule has 0 atom stereocenters. The van der Waals surface area contributed by atoms with Crippen molar-refractivity contribution in [2.75, 3.05) is 26.2 Å². The van der Waals surface area contributed by atoms with Crippen LogP contribution in [0, 0.1) is 6.92 Å². The second kappa shape index (κ2) is 4.53. The van der Waals surface area contributed by atoms with Crippen molar-refractivity contribution in [2.24, 2.45) is 4.99 Å². The summed E-state index contributed by atoms with van der Waals surface area (Å²) < 4.78 is 6.15. The number of aryl methyl sites for hydroxylation is 1. The van der Waals surface area contributed by atoms with Crippen molar-refractivity contribution in [3.05, 3.63) is 23.8 Å². The van der Waals surface area contributed by atoms with Gasteiger partial charge in [-0.25, -0.2) is 4.99 Å². The van der Waals surface area contributed by atoms with Gasteiger partial charge in [-0.15, -0.1) is 0 Å². The van der Waals surface area contributed by atoms with E-state index < -0.39 is 0 Å². The minimum Gasteiger partial charge on any atom is -0.478 e. The standard InChI is InChI=1S/C15H21N3O/c1-11-4-5-13-12(10-11)17-14(15(2,3)19-13)18-8-6-16-7-9-18/h4-5,10,16H,6-9H2,1-3H3. The molecule has 0 spiro atoms. The molecular formula is C15H21N3O. The van der Waals surface area contributed by atoms with Crippen LogP contribution in [-0.2, 0) is 0 Å². The Morgan fingerprint density at radius 2 is 2.00 bits per heavy atom. The van der Waals surface area contributed by atoms with Gasteiger partial charge in [0, 0.05) is 26.2 Å². The molecule has 0 aromatic heterocycles. The molecule has 0 unspecified atom stereocenters. The van der Waals surface area contributed by atoms with Crippen LogP contribution in [0.4, 0.5) is 5.69 Å². The Hall–Kier alpha value is -1.55. The minimum absolute atomic E-state index is 0.362. The third-order valence-electron chi connectivity index (χ3n) is 3.66. The van der Waals surface area contributed by atoms with E-state index in [-0.39, 0.29) is 5.60 Å². The average molecular weight is 259 g/mol. The number of ether oxygens (including phenoxy) is 1. The van der Waals surface area contributed by atoms with E-state index in [1.54, 1.807) is 0 Å². The normalized spacial score (nSPS) is 21.4. The summed E-state index contributed by atoms with van der Waals surface area (Å²) in [4.78, 5) is 7.21. The second-order valence-electron chi connectivity index (χ2n) is 5.76. The second-order valence-corrected chi connectivity index (χ2v) is 5.76. The number of nitrogens with zero attached hydrogens (tertiary/aromatic N) is 2. The molecule has 1 saturated heterocycles. The zero-order valence-electron chi connectivity index (χ0n) is 11.9. The van der Waals surface area contributed by atoms with Gasteiger partial charge in [0.05, 0.1) is 0 Å². The van der Waals surface area contributed by atoms with Gasteiger partial charge in [-0.2, -0.15) is 0 Å². The van der Waals surface area contributed by atoms with Gasteiger partial charge in [0.15, 0.2) is 5.60 Å². The highest BCUT2D eigenvalue weighted by molar-refractivity contribution is 5.94. The lowest BCUT2D eigenvalue weighted by Crippen LogP contribution is -2.55. The van der Waals surface area contributed by atoms with Gasteiger partial charge in [-0.1, -0.05) is 6.07 Å². The highest BCUT2D eigenvalue weighted by Gasteiger charge is 2.36. The van der Waals surface area contributed by atoms with Gasteiger partial charge in [0.25, 0.3) is 0 Å². The molecule has 102 valence electrons. The fourth-order valence-electron chi connectivity index (χ4n) is 2.70. The summed E-state index contributed by atoms with van der Waals surface area (Å²) in [6.45, 7) is 10.3. The molecule has 0 amide bonds. The van der Waals surface area contributed by atoms with Crippen molar-refractivity contribution in [1.29, 1.82) is 0 Å². The van der Waals surface area contributed by atoms with E-state index in [1.165, 1.54) is 5.56 Å². The summed E-state index contributed by atoms with van der Waals surface area (Å²) in [5, 5.41) is 3.37. The van der Waals surface area contributed by atoms with Crippen LogP contribution in [0.3, 0.4) is 0 Å². The Morgan fingerprint density at radius 3 is 2.74 bits per heavy atom.